The van der Waals surface area contributed by atoms with Crippen LogP contribution in [0.5, 0.6) is 5.75 Å². The first kappa shape index (κ1) is 14.7. The van der Waals surface area contributed by atoms with Crippen LogP contribution in [0.1, 0.15) is 23.1 Å². The maximum absolute atomic E-state index is 13.2. The summed E-state index contributed by atoms with van der Waals surface area (Å²) < 4.78 is 7.57. The summed E-state index contributed by atoms with van der Waals surface area (Å²) >= 11 is 0. The van der Waals surface area contributed by atoms with Gasteiger partial charge in [0.25, 0.3) is 5.91 Å². The molecule has 0 aliphatic carbocycles. The predicted molar refractivity (Wildman–Crippen MR) is 89.9 cm³/mol. The van der Waals surface area contributed by atoms with Gasteiger partial charge >= 0.3 is 0 Å². The molecule has 4 rings (SSSR count). The molecule has 3 aromatic rings. The number of fused-ring (bicyclic) bond motifs is 2. The van der Waals surface area contributed by atoms with E-state index in [0.717, 1.165) is 16.6 Å². The van der Waals surface area contributed by atoms with Crippen molar-refractivity contribution in [1.82, 2.24) is 19.7 Å². The van der Waals surface area contributed by atoms with Crippen LogP contribution >= 0.6 is 0 Å². The minimum Gasteiger partial charge on any atom is -0.493 e. The fourth-order valence-electron chi connectivity index (χ4n) is 3.14. The van der Waals surface area contributed by atoms with E-state index in [9.17, 15) is 4.79 Å². The Kier molecular flexibility index (Phi) is 3.65. The van der Waals surface area contributed by atoms with Gasteiger partial charge in [-0.15, -0.1) is 0 Å². The zero-order valence-electron chi connectivity index (χ0n) is 13.5. The van der Waals surface area contributed by atoms with E-state index in [0.29, 0.717) is 37.6 Å². The van der Waals surface area contributed by atoms with Crippen LogP contribution in [-0.2, 0) is 13.1 Å². The molecule has 0 unspecified atom stereocenters. The van der Waals surface area contributed by atoms with Crippen LogP contribution in [0, 0.1) is 0 Å². The molecule has 6 heteroatoms. The lowest BCUT2D eigenvalue weighted by atomic mass is 10.0. The van der Waals surface area contributed by atoms with Crippen LogP contribution in [0.25, 0.3) is 10.8 Å². The van der Waals surface area contributed by atoms with E-state index in [2.05, 4.69) is 10.1 Å². The van der Waals surface area contributed by atoms with Gasteiger partial charge in [-0.05, 0) is 23.8 Å². The first-order valence-electron chi connectivity index (χ1n) is 8.08. The Morgan fingerprint density at radius 2 is 2.08 bits per heavy atom. The number of carbonyl (C=O) groups is 1. The van der Waals surface area contributed by atoms with Crippen molar-refractivity contribution in [3.8, 4) is 5.75 Å². The molecule has 0 N–H and O–H groups in total. The van der Waals surface area contributed by atoms with E-state index in [4.69, 9.17) is 4.74 Å². The summed E-state index contributed by atoms with van der Waals surface area (Å²) in [6, 6.07) is 11.8. The maximum Gasteiger partial charge on any atom is 0.258 e. The summed E-state index contributed by atoms with van der Waals surface area (Å²) in [7, 11) is 0. The van der Waals surface area contributed by atoms with Crippen LogP contribution in [0.2, 0.25) is 0 Å². The Hall–Kier alpha value is -2.89. The van der Waals surface area contributed by atoms with E-state index >= 15 is 0 Å². The van der Waals surface area contributed by atoms with Crippen molar-refractivity contribution in [1.29, 1.82) is 0 Å². The summed E-state index contributed by atoms with van der Waals surface area (Å²) in [4.78, 5) is 19.3. The van der Waals surface area contributed by atoms with Crippen molar-refractivity contribution in [3.63, 3.8) is 0 Å². The number of benzene rings is 2. The molecule has 0 saturated carbocycles. The summed E-state index contributed by atoms with van der Waals surface area (Å²) in [5.41, 5.74) is 0.628. The molecule has 0 spiro atoms. The lowest BCUT2D eigenvalue weighted by Gasteiger charge is -2.28. The number of nitrogens with zero attached hydrogens (tertiary/aromatic N) is 4. The van der Waals surface area contributed by atoms with Gasteiger partial charge in [-0.1, -0.05) is 30.3 Å². The van der Waals surface area contributed by atoms with E-state index in [1.807, 2.05) is 52.9 Å². The predicted octanol–water partition coefficient (Wildman–Crippen LogP) is 2.49. The zero-order valence-corrected chi connectivity index (χ0v) is 13.5. The van der Waals surface area contributed by atoms with Gasteiger partial charge in [0.05, 0.1) is 25.3 Å². The molecule has 1 amide bonds. The SMILES string of the molecule is CCOc1ccc2ccccc2c1C(=O)N1CCn2ncnc2C1. The number of aromatic nitrogens is 3. The van der Waals surface area contributed by atoms with Crippen LogP contribution in [0.3, 0.4) is 0 Å². The number of amides is 1. The number of hydrogen-bond donors (Lipinski definition) is 0. The molecular formula is C18H18N4O2. The second-order valence-corrected chi connectivity index (χ2v) is 5.72. The van der Waals surface area contributed by atoms with E-state index in [1.165, 1.54) is 6.33 Å². The third-order valence-electron chi connectivity index (χ3n) is 4.30. The molecule has 2 heterocycles. The molecule has 122 valence electrons. The molecule has 0 fully saturated rings. The first-order valence-corrected chi connectivity index (χ1v) is 8.08. The average molecular weight is 322 g/mol. The Balaban J connectivity index is 1.77. The molecule has 0 radical (unpaired) electrons. The van der Waals surface area contributed by atoms with Gasteiger partial charge in [-0.25, -0.2) is 9.67 Å². The molecular weight excluding hydrogens is 304 g/mol. The van der Waals surface area contributed by atoms with Crippen LogP contribution in [-0.4, -0.2) is 38.7 Å². The quantitative estimate of drug-likeness (QED) is 0.743. The number of hydrogen-bond acceptors (Lipinski definition) is 4. The molecule has 1 aromatic heterocycles. The second kappa shape index (κ2) is 5.96. The smallest absolute Gasteiger partial charge is 0.258 e. The highest BCUT2D eigenvalue weighted by molar-refractivity contribution is 6.09. The van der Waals surface area contributed by atoms with Gasteiger partial charge in [0.15, 0.2) is 0 Å². The minimum atomic E-state index is -0.0236. The summed E-state index contributed by atoms with van der Waals surface area (Å²) in [6.45, 7) is 4.19. The van der Waals surface area contributed by atoms with Crippen LogP contribution in [0.4, 0.5) is 0 Å². The van der Waals surface area contributed by atoms with E-state index in [1.54, 1.807) is 0 Å². The molecule has 0 bridgehead atoms. The van der Waals surface area contributed by atoms with Crippen LogP contribution in [0.15, 0.2) is 42.7 Å². The van der Waals surface area contributed by atoms with Crippen molar-refractivity contribution in [2.75, 3.05) is 13.2 Å². The van der Waals surface area contributed by atoms with Gasteiger partial charge in [-0.2, -0.15) is 5.10 Å². The molecule has 1 aliphatic rings. The number of ether oxygens (including phenoxy) is 1. The molecule has 6 nitrogen and oxygen atoms in total. The van der Waals surface area contributed by atoms with Gasteiger partial charge in [0.1, 0.15) is 17.9 Å². The van der Waals surface area contributed by atoms with Gasteiger partial charge in [-0.3, -0.25) is 4.79 Å². The van der Waals surface area contributed by atoms with E-state index < -0.39 is 0 Å². The highest BCUT2D eigenvalue weighted by Gasteiger charge is 2.26. The maximum atomic E-state index is 13.2. The average Bonchev–Trinajstić information content (AvgIpc) is 3.09. The standard InChI is InChI=1S/C18H18N4O2/c1-2-24-15-8-7-13-5-3-4-6-14(13)17(15)18(23)21-9-10-22-16(11-21)19-12-20-22/h3-8,12H,2,9-11H2,1H3. The Bertz CT molecular complexity index is 903. The Morgan fingerprint density at radius 1 is 1.21 bits per heavy atom. The van der Waals surface area contributed by atoms with Crippen molar-refractivity contribution < 1.29 is 9.53 Å². The van der Waals surface area contributed by atoms with Gasteiger partial charge < -0.3 is 9.64 Å². The molecule has 0 saturated heterocycles. The lowest BCUT2D eigenvalue weighted by molar-refractivity contribution is 0.0700. The van der Waals surface area contributed by atoms with Crippen molar-refractivity contribution in [3.05, 3.63) is 54.1 Å². The fourth-order valence-corrected chi connectivity index (χ4v) is 3.14. The Morgan fingerprint density at radius 3 is 2.96 bits per heavy atom. The zero-order chi connectivity index (χ0) is 16.5. The normalized spacial score (nSPS) is 13.8. The van der Waals surface area contributed by atoms with Gasteiger partial charge in [0, 0.05) is 6.54 Å². The fraction of sp³-hybridized carbons (Fsp3) is 0.278. The molecule has 2 aromatic carbocycles. The van der Waals surface area contributed by atoms with Crippen molar-refractivity contribution >= 4 is 16.7 Å². The van der Waals surface area contributed by atoms with Crippen molar-refractivity contribution in [2.45, 2.75) is 20.0 Å². The highest BCUT2D eigenvalue weighted by atomic mass is 16.5. The number of carbonyl (C=O) groups excluding carboxylic acids is 1. The van der Waals surface area contributed by atoms with Crippen LogP contribution < -0.4 is 4.74 Å². The summed E-state index contributed by atoms with van der Waals surface area (Å²) in [5.74, 6) is 1.42. The Labute approximate surface area is 139 Å². The number of rotatable bonds is 3. The third-order valence-corrected chi connectivity index (χ3v) is 4.30. The lowest BCUT2D eigenvalue weighted by Crippen LogP contribution is -2.39. The van der Waals surface area contributed by atoms with E-state index in [-0.39, 0.29) is 5.91 Å². The minimum absolute atomic E-state index is 0.0236. The summed E-state index contributed by atoms with van der Waals surface area (Å²) in [6.07, 6.45) is 1.53. The molecule has 1 aliphatic heterocycles. The molecule has 24 heavy (non-hydrogen) atoms. The van der Waals surface area contributed by atoms with Gasteiger partial charge in [0.2, 0.25) is 0 Å². The molecule has 0 atom stereocenters. The summed E-state index contributed by atoms with van der Waals surface area (Å²) in [5, 5.41) is 6.11. The third kappa shape index (κ3) is 2.40. The largest absolute Gasteiger partial charge is 0.493 e. The second-order valence-electron chi connectivity index (χ2n) is 5.72. The monoisotopic (exact) mass is 322 g/mol. The highest BCUT2D eigenvalue weighted by Crippen LogP contribution is 2.30. The van der Waals surface area contributed by atoms with Crippen molar-refractivity contribution in [2.24, 2.45) is 0 Å². The topological polar surface area (TPSA) is 60.2 Å². The first-order chi connectivity index (χ1) is 11.8.